The van der Waals surface area contributed by atoms with Gasteiger partial charge in [0.2, 0.25) is 5.91 Å². The van der Waals surface area contributed by atoms with Gasteiger partial charge in [0.25, 0.3) is 0 Å². The SMILES string of the molecule is CCOC(=O)Cn1c([C@@H]2CC(=O)N(c3cccc(OC)c3)C2)nc2ccccc21. The Morgan fingerprint density at radius 1 is 1.21 bits per heavy atom. The third kappa shape index (κ3) is 3.68. The molecular weight excluding hydrogens is 370 g/mol. The zero-order chi connectivity index (χ0) is 20.4. The average molecular weight is 393 g/mol. The molecule has 1 aliphatic heterocycles. The van der Waals surface area contributed by atoms with E-state index in [9.17, 15) is 9.59 Å². The number of amides is 1. The summed E-state index contributed by atoms with van der Waals surface area (Å²) in [5.74, 6) is 1.03. The van der Waals surface area contributed by atoms with Crippen molar-refractivity contribution in [1.82, 2.24) is 9.55 Å². The number of aromatic nitrogens is 2. The fraction of sp³-hybridized carbons (Fsp3) is 0.318. The molecule has 0 unspecified atom stereocenters. The topological polar surface area (TPSA) is 73.7 Å². The lowest BCUT2D eigenvalue weighted by molar-refractivity contribution is -0.143. The second-order valence-corrected chi connectivity index (χ2v) is 6.96. The smallest absolute Gasteiger partial charge is 0.326 e. The highest BCUT2D eigenvalue weighted by molar-refractivity contribution is 5.96. The number of anilines is 1. The van der Waals surface area contributed by atoms with Gasteiger partial charge in [0.05, 0.1) is 24.8 Å². The molecule has 7 nitrogen and oxygen atoms in total. The van der Waals surface area contributed by atoms with Crippen LogP contribution in [0.15, 0.2) is 48.5 Å². The van der Waals surface area contributed by atoms with Gasteiger partial charge in [-0.05, 0) is 31.2 Å². The van der Waals surface area contributed by atoms with Gasteiger partial charge in [0, 0.05) is 30.6 Å². The van der Waals surface area contributed by atoms with E-state index in [0.717, 1.165) is 22.5 Å². The van der Waals surface area contributed by atoms with Crippen molar-refractivity contribution in [2.75, 3.05) is 25.2 Å². The maximum Gasteiger partial charge on any atom is 0.326 e. The van der Waals surface area contributed by atoms with Crippen molar-refractivity contribution in [2.24, 2.45) is 0 Å². The van der Waals surface area contributed by atoms with Gasteiger partial charge >= 0.3 is 5.97 Å². The van der Waals surface area contributed by atoms with Gasteiger partial charge in [-0.25, -0.2) is 4.98 Å². The fourth-order valence-electron chi connectivity index (χ4n) is 3.82. The van der Waals surface area contributed by atoms with E-state index < -0.39 is 0 Å². The molecule has 0 spiro atoms. The molecule has 0 aliphatic carbocycles. The molecule has 0 saturated carbocycles. The molecule has 150 valence electrons. The predicted molar refractivity (Wildman–Crippen MR) is 109 cm³/mol. The Kier molecular flexibility index (Phi) is 5.20. The van der Waals surface area contributed by atoms with Crippen LogP contribution in [-0.2, 0) is 20.9 Å². The second kappa shape index (κ2) is 7.95. The van der Waals surface area contributed by atoms with Crippen molar-refractivity contribution >= 4 is 28.6 Å². The highest BCUT2D eigenvalue weighted by atomic mass is 16.5. The van der Waals surface area contributed by atoms with Gasteiger partial charge < -0.3 is 18.9 Å². The molecule has 1 aromatic heterocycles. The van der Waals surface area contributed by atoms with Crippen LogP contribution in [0.1, 0.15) is 25.1 Å². The van der Waals surface area contributed by atoms with E-state index in [-0.39, 0.29) is 24.3 Å². The maximum absolute atomic E-state index is 12.8. The van der Waals surface area contributed by atoms with Gasteiger partial charge in [0.15, 0.2) is 0 Å². The minimum absolute atomic E-state index is 0.0259. The molecule has 1 saturated heterocycles. The molecule has 1 fully saturated rings. The van der Waals surface area contributed by atoms with Gasteiger partial charge in [-0.2, -0.15) is 0 Å². The summed E-state index contributed by atoms with van der Waals surface area (Å²) in [6.45, 7) is 2.69. The van der Waals surface area contributed by atoms with Crippen LogP contribution in [0, 0.1) is 0 Å². The van der Waals surface area contributed by atoms with Crippen molar-refractivity contribution in [3.63, 3.8) is 0 Å². The van der Waals surface area contributed by atoms with Crippen molar-refractivity contribution in [3.8, 4) is 5.75 Å². The number of rotatable bonds is 6. The number of para-hydroxylation sites is 2. The first-order chi connectivity index (χ1) is 14.1. The lowest BCUT2D eigenvalue weighted by Crippen LogP contribution is -2.24. The second-order valence-electron chi connectivity index (χ2n) is 6.96. The number of hydrogen-bond acceptors (Lipinski definition) is 5. The number of nitrogens with zero attached hydrogens (tertiary/aromatic N) is 3. The molecular formula is C22H23N3O4. The standard InChI is InChI=1S/C22H23N3O4/c1-3-29-21(27)14-25-19-10-5-4-9-18(19)23-22(25)15-11-20(26)24(13-15)16-7-6-8-17(12-16)28-2/h4-10,12,15H,3,11,13-14H2,1-2H3/t15-/m1/s1. The van der Waals surface area contributed by atoms with Gasteiger partial charge in [-0.1, -0.05) is 18.2 Å². The summed E-state index contributed by atoms with van der Waals surface area (Å²) >= 11 is 0. The monoisotopic (exact) mass is 393 g/mol. The molecule has 29 heavy (non-hydrogen) atoms. The lowest BCUT2D eigenvalue weighted by Gasteiger charge is -2.18. The van der Waals surface area contributed by atoms with Crippen LogP contribution in [0.3, 0.4) is 0 Å². The molecule has 0 N–H and O–H groups in total. The van der Waals surface area contributed by atoms with Gasteiger partial charge in [-0.15, -0.1) is 0 Å². The third-order valence-electron chi connectivity index (χ3n) is 5.13. The number of hydrogen-bond donors (Lipinski definition) is 0. The van der Waals surface area contributed by atoms with Crippen LogP contribution in [0.4, 0.5) is 5.69 Å². The predicted octanol–water partition coefficient (Wildman–Crippen LogP) is 3.13. The van der Waals surface area contributed by atoms with Crippen molar-refractivity contribution in [3.05, 3.63) is 54.4 Å². The molecule has 2 heterocycles. The minimum atomic E-state index is -0.314. The normalized spacial score (nSPS) is 16.4. The fourth-order valence-corrected chi connectivity index (χ4v) is 3.82. The summed E-state index contributed by atoms with van der Waals surface area (Å²) in [6.07, 6.45) is 0.337. The quantitative estimate of drug-likeness (QED) is 0.602. The highest BCUT2D eigenvalue weighted by Gasteiger charge is 2.35. The van der Waals surface area contributed by atoms with Crippen LogP contribution in [0.2, 0.25) is 0 Å². The Bertz CT molecular complexity index is 1060. The third-order valence-corrected chi connectivity index (χ3v) is 5.13. The summed E-state index contributed by atoms with van der Waals surface area (Å²) in [7, 11) is 1.60. The summed E-state index contributed by atoms with van der Waals surface area (Å²) in [4.78, 5) is 31.5. The van der Waals surface area contributed by atoms with Crippen LogP contribution in [0.25, 0.3) is 11.0 Å². The molecule has 2 aromatic carbocycles. The first-order valence-corrected chi connectivity index (χ1v) is 9.66. The molecule has 1 aliphatic rings. The number of benzene rings is 2. The Balaban J connectivity index is 1.67. The molecule has 1 atom stereocenters. The zero-order valence-corrected chi connectivity index (χ0v) is 16.5. The van der Waals surface area contributed by atoms with E-state index in [1.54, 1.807) is 18.9 Å². The number of methoxy groups -OCH3 is 1. The first-order valence-electron chi connectivity index (χ1n) is 9.66. The van der Waals surface area contributed by atoms with Crippen molar-refractivity contribution < 1.29 is 19.1 Å². The average Bonchev–Trinajstić information content (AvgIpc) is 3.29. The van der Waals surface area contributed by atoms with E-state index in [1.807, 2.05) is 53.1 Å². The summed E-state index contributed by atoms with van der Waals surface area (Å²) in [6, 6.07) is 15.1. The van der Waals surface area contributed by atoms with Crippen LogP contribution in [0.5, 0.6) is 5.75 Å². The Morgan fingerprint density at radius 2 is 2.03 bits per heavy atom. The Labute approximate surface area is 168 Å². The summed E-state index contributed by atoms with van der Waals surface area (Å²) < 4.78 is 12.3. The number of imidazole rings is 1. The number of carbonyl (C=O) groups is 2. The molecule has 7 heteroatoms. The number of esters is 1. The van der Waals surface area contributed by atoms with Gasteiger partial charge in [-0.3, -0.25) is 9.59 Å². The number of carbonyl (C=O) groups excluding carboxylic acids is 2. The lowest BCUT2D eigenvalue weighted by atomic mass is 10.1. The Hall–Kier alpha value is -3.35. The minimum Gasteiger partial charge on any atom is -0.497 e. The summed E-state index contributed by atoms with van der Waals surface area (Å²) in [5, 5.41) is 0. The van der Waals surface area contributed by atoms with E-state index in [4.69, 9.17) is 14.5 Å². The van der Waals surface area contributed by atoms with E-state index in [0.29, 0.717) is 25.3 Å². The van der Waals surface area contributed by atoms with Crippen LogP contribution < -0.4 is 9.64 Å². The number of fused-ring (bicyclic) bond motifs is 1. The Morgan fingerprint density at radius 3 is 2.83 bits per heavy atom. The maximum atomic E-state index is 12.8. The zero-order valence-electron chi connectivity index (χ0n) is 16.5. The van der Waals surface area contributed by atoms with Crippen LogP contribution >= 0.6 is 0 Å². The van der Waals surface area contributed by atoms with Crippen molar-refractivity contribution in [1.29, 1.82) is 0 Å². The molecule has 3 aromatic rings. The number of ether oxygens (including phenoxy) is 2. The molecule has 4 rings (SSSR count). The molecule has 0 radical (unpaired) electrons. The molecule has 0 bridgehead atoms. The molecule has 1 amide bonds. The van der Waals surface area contributed by atoms with E-state index in [1.165, 1.54) is 0 Å². The van der Waals surface area contributed by atoms with Gasteiger partial charge in [0.1, 0.15) is 18.1 Å². The van der Waals surface area contributed by atoms with Crippen molar-refractivity contribution in [2.45, 2.75) is 25.8 Å². The van der Waals surface area contributed by atoms with E-state index in [2.05, 4.69) is 0 Å². The largest absolute Gasteiger partial charge is 0.497 e. The van der Waals surface area contributed by atoms with Crippen LogP contribution in [-0.4, -0.2) is 41.7 Å². The first kappa shape index (κ1) is 19.0. The highest BCUT2D eigenvalue weighted by Crippen LogP contribution is 2.34. The summed E-state index contributed by atoms with van der Waals surface area (Å²) in [5.41, 5.74) is 2.46. The van der Waals surface area contributed by atoms with E-state index >= 15 is 0 Å².